The lowest BCUT2D eigenvalue weighted by molar-refractivity contribution is -0.211. The quantitative estimate of drug-likeness (QED) is 0.746. The maximum Gasteiger partial charge on any atom is 0.163 e. The Morgan fingerprint density at radius 3 is 2.76 bits per heavy atom. The fourth-order valence-corrected chi connectivity index (χ4v) is 2.15. The molecule has 0 bridgehead atoms. The van der Waals surface area contributed by atoms with Crippen molar-refractivity contribution in [3.63, 3.8) is 0 Å². The zero-order chi connectivity index (χ0) is 12.3. The molecule has 5 heteroatoms. The molecule has 2 aliphatic heterocycles. The summed E-state index contributed by atoms with van der Waals surface area (Å²) >= 11 is 0. The van der Waals surface area contributed by atoms with Crippen LogP contribution < -0.4 is 0 Å². The van der Waals surface area contributed by atoms with E-state index in [2.05, 4.69) is 10.1 Å². The molecule has 17 heavy (non-hydrogen) atoms. The van der Waals surface area contributed by atoms with Crippen LogP contribution in [0.3, 0.4) is 0 Å². The van der Waals surface area contributed by atoms with Crippen molar-refractivity contribution in [2.24, 2.45) is 5.10 Å². The molecule has 2 rings (SSSR count). The van der Waals surface area contributed by atoms with Crippen molar-refractivity contribution in [3.8, 4) is 0 Å². The Hall–Kier alpha value is -0.650. The van der Waals surface area contributed by atoms with Gasteiger partial charge in [-0.05, 0) is 26.7 Å². The van der Waals surface area contributed by atoms with Gasteiger partial charge in [-0.2, -0.15) is 5.10 Å². The van der Waals surface area contributed by atoms with E-state index in [1.807, 2.05) is 13.8 Å². The van der Waals surface area contributed by atoms with Crippen LogP contribution in [0.1, 0.15) is 26.7 Å². The topological polar surface area (TPSA) is 43.3 Å². The molecule has 2 aliphatic rings. The molecule has 2 heterocycles. The fourth-order valence-electron chi connectivity index (χ4n) is 2.15. The first kappa shape index (κ1) is 12.8. The predicted octanol–water partition coefficient (Wildman–Crippen LogP) is 1.24. The normalized spacial score (nSPS) is 28.5. The third-order valence-electron chi connectivity index (χ3n) is 3.15. The van der Waals surface area contributed by atoms with Crippen LogP contribution in [-0.4, -0.2) is 56.0 Å². The summed E-state index contributed by atoms with van der Waals surface area (Å²) < 4.78 is 16.3. The molecule has 0 spiro atoms. The van der Waals surface area contributed by atoms with Gasteiger partial charge in [0.05, 0.1) is 31.6 Å². The van der Waals surface area contributed by atoms with Crippen molar-refractivity contribution in [2.75, 3.05) is 33.5 Å². The molecule has 0 aromatic rings. The van der Waals surface area contributed by atoms with E-state index in [0.717, 1.165) is 25.3 Å². The average molecular weight is 242 g/mol. The molecule has 0 aromatic carbocycles. The summed E-state index contributed by atoms with van der Waals surface area (Å²) in [5.41, 5.74) is 0.965. The minimum atomic E-state index is -0.476. The van der Waals surface area contributed by atoms with Crippen LogP contribution in [-0.2, 0) is 14.2 Å². The first-order valence-electron chi connectivity index (χ1n) is 6.20. The van der Waals surface area contributed by atoms with Crippen molar-refractivity contribution >= 4 is 5.71 Å². The third-order valence-corrected chi connectivity index (χ3v) is 3.15. The number of hydrazone groups is 1. The molecule has 5 nitrogen and oxygen atoms in total. The summed E-state index contributed by atoms with van der Waals surface area (Å²) in [6, 6.07) is 0.405. The number of ether oxygens (including phenoxy) is 3. The summed E-state index contributed by atoms with van der Waals surface area (Å²) in [7, 11) is 1.74. The van der Waals surface area contributed by atoms with Crippen molar-refractivity contribution in [2.45, 2.75) is 38.5 Å². The number of hydrogen-bond donors (Lipinski definition) is 0. The summed E-state index contributed by atoms with van der Waals surface area (Å²) in [5, 5.41) is 6.74. The lowest BCUT2D eigenvalue weighted by Gasteiger charge is -2.32. The number of methoxy groups -OCH3 is 1. The van der Waals surface area contributed by atoms with E-state index >= 15 is 0 Å². The maximum absolute atomic E-state index is 5.57. The van der Waals surface area contributed by atoms with Gasteiger partial charge in [0.1, 0.15) is 0 Å². The second-order valence-electron chi connectivity index (χ2n) is 5.06. The Kier molecular flexibility index (Phi) is 4.01. The van der Waals surface area contributed by atoms with Crippen molar-refractivity contribution in [3.05, 3.63) is 0 Å². The molecule has 0 radical (unpaired) electrons. The first-order chi connectivity index (χ1) is 8.11. The van der Waals surface area contributed by atoms with Crippen LogP contribution in [0.2, 0.25) is 0 Å². The van der Waals surface area contributed by atoms with Crippen LogP contribution in [0.15, 0.2) is 5.10 Å². The summed E-state index contributed by atoms with van der Waals surface area (Å²) in [6.07, 6.45) is 2.33. The maximum atomic E-state index is 5.57. The fraction of sp³-hybridized carbons (Fsp3) is 0.917. The van der Waals surface area contributed by atoms with Gasteiger partial charge in [0.15, 0.2) is 5.79 Å². The molecule has 0 N–H and O–H groups in total. The molecule has 98 valence electrons. The second kappa shape index (κ2) is 5.33. The van der Waals surface area contributed by atoms with Gasteiger partial charge in [0, 0.05) is 13.7 Å². The Balaban J connectivity index is 1.91. The van der Waals surface area contributed by atoms with Crippen LogP contribution in [0.25, 0.3) is 0 Å². The summed E-state index contributed by atoms with van der Waals surface area (Å²) in [6.45, 7) is 6.71. The molecule has 2 saturated heterocycles. The van der Waals surface area contributed by atoms with E-state index in [1.54, 1.807) is 7.11 Å². The standard InChI is InChI=1S/C12H22N2O3/c1-12(2)16-7-10(8-17-12)13-14-6-4-5-11(14)9-15-3/h11H,4-9H2,1-3H3. The molecule has 0 aromatic heterocycles. The lowest BCUT2D eigenvalue weighted by atomic mass is 10.2. The molecular formula is C12H22N2O3. The molecule has 0 amide bonds. The molecule has 0 saturated carbocycles. The largest absolute Gasteiger partial charge is 0.382 e. The van der Waals surface area contributed by atoms with Crippen LogP contribution in [0, 0.1) is 0 Å². The zero-order valence-electron chi connectivity index (χ0n) is 10.9. The van der Waals surface area contributed by atoms with Gasteiger partial charge in [-0.15, -0.1) is 0 Å². The van der Waals surface area contributed by atoms with E-state index in [0.29, 0.717) is 19.3 Å². The smallest absolute Gasteiger partial charge is 0.163 e. The van der Waals surface area contributed by atoms with Gasteiger partial charge in [-0.3, -0.25) is 5.01 Å². The number of nitrogens with zero attached hydrogens (tertiary/aromatic N) is 2. The number of hydrogen-bond acceptors (Lipinski definition) is 5. The molecule has 1 unspecified atom stereocenters. The highest BCUT2D eigenvalue weighted by Gasteiger charge is 2.28. The zero-order valence-corrected chi connectivity index (χ0v) is 10.9. The van der Waals surface area contributed by atoms with Crippen LogP contribution in [0.5, 0.6) is 0 Å². The Morgan fingerprint density at radius 1 is 1.41 bits per heavy atom. The van der Waals surface area contributed by atoms with Gasteiger partial charge in [0.2, 0.25) is 0 Å². The highest BCUT2D eigenvalue weighted by molar-refractivity contribution is 5.87. The van der Waals surface area contributed by atoms with Crippen LogP contribution in [0.4, 0.5) is 0 Å². The molecule has 2 fully saturated rings. The summed E-state index contributed by atoms with van der Waals surface area (Å²) in [4.78, 5) is 0. The first-order valence-corrected chi connectivity index (χ1v) is 6.20. The van der Waals surface area contributed by atoms with E-state index in [9.17, 15) is 0 Å². The van der Waals surface area contributed by atoms with Gasteiger partial charge >= 0.3 is 0 Å². The average Bonchev–Trinajstić information content (AvgIpc) is 2.70. The highest BCUT2D eigenvalue weighted by Crippen LogP contribution is 2.20. The highest BCUT2D eigenvalue weighted by atomic mass is 16.7. The molecule has 1 atom stereocenters. The Bertz CT molecular complexity index is 279. The van der Waals surface area contributed by atoms with Crippen molar-refractivity contribution < 1.29 is 14.2 Å². The Morgan fingerprint density at radius 2 is 2.12 bits per heavy atom. The van der Waals surface area contributed by atoms with E-state index in [4.69, 9.17) is 14.2 Å². The second-order valence-corrected chi connectivity index (χ2v) is 5.06. The van der Waals surface area contributed by atoms with Gasteiger partial charge in [0.25, 0.3) is 0 Å². The third kappa shape index (κ3) is 3.40. The van der Waals surface area contributed by atoms with Gasteiger partial charge < -0.3 is 14.2 Å². The van der Waals surface area contributed by atoms with Crippen molar-refractivity contribution in [1.29, 1.82) is 0 Å². The van der Waals surface area contributed by atoms with Crippen LogP contribution >= 0.6 is 0 Å². The monoisotopic (exact) mass is 242 g/mol. The van der Waals surface area contributed by atoms with Crippen molar-refractivity contribution in [1.82, 2.24) is 5.01 Å². The van der Waals surface area contributed by atoms with E-state index < -0.39 is 5.79 Å². The molecular weight excluding hydrogens is 220 g/mol. The Labute approximate surface area is 103 Å². The minimum absolute atomic E-state index is 0.405. The minimum Gasteiger partial charge on any atom is -0.382 e. The lowest BCUT2D eigenvalue weighted by Crippen LogP contribution is -2.41. The summed E-state index contributed by atoms with van der Waals surface area (Å²) in [5.74, 6) is -0.476. The SMILES string of the molecule is COCC1CCCN1N=C1COC(C)(C)OC1. The van der Waals surface area contributed by atoms with Gasteiger partial charge in [-0.25, -0.2) is 0 Å². The van der Waals surface area contributed by atoms with E-state index in [-0.39, 0.29) is 0 Å². The van der Waals surface area contributed by atoms with Gasteiger partial charge in [-0.1, -0.05) is 0 Å². The number of rotatable bonds is 3. The predicted molar refractivity (Wildman–Crippen MR) is 65.0 cm³/mol. The molecule has 0 aliphatic carbocycles. The van der Waals surface area contributed by atoms with E-state index in [1.165, 1.54) is 6.42 Å².